The van der Waals surface area contributed by atoms with E-state index >= 15 is 0 Å². The second-order valence-corrected chi connectivity index (χ2v) is 11.0. The number of amides is 2. The topological polar surface area (TPSA) is 132 Å². The van der Waals surface area contributed by atoms with E-state index < -0.39 is 23.7 Å². The molecular formula is C30H32F3N9O3. The van der Waals surface area contributed by atoms with Crippen molar-refractivity contribution < 1.29 is 27.4 Å². The van der Waals surface area contributed by atoms with Crippen molar-refractivity contribution in [1.29, 1.82) is 0 Å². The van der Waals surface area contributed by atoms with Crippen LogP contribution in [0.25, 0.3) is 11.1 Å². The lowest BCUT2D eigenvalue weighted by molar-refractivity contribution is -0.142. The Kier molecular flexibility index (Phi) is 8.78. The van der Waals surface area contributed by atoms with Crippen molar-refractivity contribution in [3.8, 4) is 17.0 Å². The van der Waals surface area contributed by atoms with Crippen molar-refractivity contribution in [2.24, 2.45) is 7.05 Å². The van der Waals surface area contributed by atoms with Crippen molar-refractivity contribution in [2.75, 3.05) is 23.4 Å². The lowest BCUT2D eigenvalue weighted by atomic mass is 9.90. The standard InChI is InChI=1S/C30H32F3N9O3/c1-41-16-21(14-38-41)20-12-35-28(36-13-20)42(29(43)37-11-19-5-3-2-4-6-19)23-9-7-22(8-10-23)39-27-34-15-25(30(31,32)33)26(40-27)45-24-17-44-18-24/h2-6,12-16,22-24H,7-11,17-18H2,1H3,(H,37,43)(H,34,39,40). The molecule has 4 aromatic rings. The van der Waals surface area contributed by atoms with Gasteiger partial charge in [-0.3, -0.25) is 9.58 Å². The van der Waals surface area contributed by atoms with Crippen LogP contribution in [0.3, 0.4) is 0 Å². The van der Waals surface area contributed by atoms with Crippen molar-refractivity contribution in [3.05, 3.63) is 72.4 Å². The fourth-order valence-electron chi connectivity index (χ4n) is 5.26. The Balaban J connectivity index is 1.15. The van der Waals surface area contributed by atoms with Gasteiger partial charge in [-0.25, -0.2) is 19.7 Å². The number of rotatable bonds is 9. The van der Waals surface area contributed by atoms with Gasteiger partial charge in [0.15, 0.2) is 0 Å². The molecule has 2 fully saturated rings. The van der Waals surface area contributed by atoms with Crippen LogP contribution >= 0.6 is 0 Å². The summed E-state index contributed by atoms with van der Waals surface area (Å²) >= 11 is 0. The third-order valence-corrected chi connectivity index (χ3v) is 7.74. The second kappa shape index (κ2) is 13.1. The number of nitrogens with one attached hydrogen (secondary N) is 2. The van der Waals surface area contributed by atoms with Crippen LogP contribution in [-0.2, 0) is 24.5 Å². The number of carbonyl (C=O) groups excluding carboxylic acids is 1. The number of nitrogens with zero attached hydrogens (tertiary/aromatic N) is 7. The van der Waals surface area contributed by atoms with Crippen molar-refractivity contribution in [3.63, 3.8) is 0 Å². The number of aromatic nitrogens is 6. The zero-order valence-electron chi connectivity index (χ0n) is 24.4. The average molecular weight is 624 g/mol. The molecule has 0 spiro atoms. The minimum atomic E-state index is -4.65. The molecule has 1 saturated carbocycles. The summed E-state index contributed by atoms with van der Waals surface area (Å²) in [6.07, 6.45) is 4.91. The lowest BCUT2D eigenvalue weighted by Crippen LogP contribution is -2.49. The first-order chi connectivity index (χ1) is 21.7. The lowest BCUT2D eigenvalue weighted by Gasteiger charge is -2.36. The number of anilines is 2. The summed E-state index contributed by atoms with van der Waals surface area (Å²) in [6.45, 7) is 0.752. The number of carbonyl (C=O) groups is 1. The van der Waals surface area contributed by atoms with E-state index in [9.17, 15) is 18.0 Å². The normalized spacial score (nSPS) is 18.6. The van der Waals surface area contributed by atoms with Gasteiger partial charge in [0.1, 0.15) is 11.7 Å². The zero-order valence-corrected chi connectivity index (χ0v) is 24.4. The van der Waals surface area contributed by atoms with Crippen LogP contribution in [0.15, 0.2) is 61.3 Å². The van der Waals surface area contributed by atoms with E-state index in [0.29, 0.717) is 32.2 Å². The predicted molar refractivity (Wildman–Crippen MR) is 157 cm³/mol. The fourth-order valence-corrected chi connectivity index (χ4v) is 5.26. The van der Waals surface area contributed by atoms with Crippen molar-refractivity contribution in [1.82, 2.24) is 35.0 Å². The first kappa shape index (κ1) is 30.2. The molecule has 2 amide bonds. The molecule has 236 valence electrons. The molecule has 0 radical (unpaired) electrons. The van der Waals surface area contributed by atoms with Gasteiger partial charge in [-0.15, -0.1) is 0 Å². The van der Waals surface area contributed by atoms with Gasteiger partial charge in [0.05, 0.1) is 19.4 Å². The number of hydrogen-bond donors (Lipinski definition) is 2. The SMILES string of the molecule is Cn1cc(-c2cnc(N(C(=O)NCc3ccccc3)C3CCC(Nc4ncc(C(F)(F)F)c(OC5COC5)n4)CC3)nc2)cn1. The van der Waals surface area contributed by atoms with Crippen LogP contribution in [-0.4, -0.2) is 67.1 Å². The largest absolute Gasteiger partial charge is 0.469 e. The Morgan fingerprint density at radius 2 is 1.76 bits per heavy atom. The van der Waals surface area contributed by atoms with Gasteiger partial charge in [0, 0.05) is 61.6 Å². The molecule has 1 aliphatic carbocycles. The molecule has 0 bridgehead atoms. The third-order valence-electron chi connectivity index (χ3n) is 7.74. The van der Waals surface area contributed by atoms with Crippen molar-refractivity contribution >= 4 is 17.9 Å². The third kappa shape index (κ3) is 7.30. The van der Waals surface area contributed by atoms with Gasteiger partial charge in [-0.2, -0.15) is 23.3 Å². The number of alkyl halides is 3. The van der Waals surface area contributed by atoms with E-state index in [1.807, 2.05) is 43.6 Å². The molecule has 0 atom stereocenters. The Hall–Kier alpha value is -4.79. The summed E-state index contributed by atoms with van der Waals surface area (Å²) in [5.41, 5.74) is 1.55. The van der Waals surface area contributed by atoms with E-state index in [4.69, 9.17) is 9.47 Å². The molecule has 1 aliphatic heterocycles. The fraction of sp³-hybridized carbons (Fsp3) is 0.400. The molecule has 0 unspecified atom stereocenters. The highest BCUT2D eigenvalue weighted by atomic mass is 19.4. The van der Waals surface area contributed by atoms with E-state index in [0.717, 1.165) is 22.9 Å². The first-order valence-corrected chi connectivity index (χ1v) is 14.6. The maximum absolute atomic E-state index is 13.6. The Morgan fingerprint density at radius 3 is 2.38 bits per heavy atom. The van der Waals surface area contributed by atoms with Gasteiger partial charge in [-0.1, -0.05) is 30.3 Å². The average Bonchev–Trinajstić information content (AvgIpc) is 3.45. The van der Waals surface area contributed by atoms with Crippen LogP contribution in [0.5, 0.6) is 5.88 Å². The minimum Gasteiger partial charge on any atom is -0.469 e. The van der Waals surface area contributed by atoms with E-state index in [-0.39, 0.29) is 43.2 Å². The Bertz CT molecular complexity index is 1590. The van der Waals surface area contributed by atoms with Crippen LogP contribution in [0.1, 0.15) is 36.8 Å². The monoisotopic (exact) mass is 623 g/mol. The van der Waals surface area contributed by atoms with Gasteiger partial charge >= 0.3 is 12.2 Å². The molecule has 4 heterocycles. The second-order valence-electron chi connectivity index (χ2n) is 11.0. The first-order valence-electron chi connectivity index (χ1n) is 14.6. The summed E-state index contributed by atoms with van der Waals surface area (Å²) < 4.78 is 52.8. The van der Waals surface area contributed by atoms with E-state index in [2.05, 4.69) is 35.7 Å². The number of benzene rings is 1. The number of hydrogen-bond acceptors (Lipinski definition) is 9. The highest BCUT2D eigenvalue weighted by molar-refractivity contribution is 5.90. The number of ether oxygens (including phenoxy) is 2. The van der Waals surface area contributed by atoms with Crippen LogP contribution < -0.4 is 20.3 Å². The molecule has 1 aromatic carbocycles. The molecule has 12 nitrogen and oxygen atoms in total. The van der Waals surface area contributed by atoms with E-state index in [1.54, 1.807) is 28.2 Å². The highest BCUT2D eigenvalue weighted by Crippen LogP contribution is 2.36. The van der Waals surface area contributed by atoms with Gasteiger partial charge in [-0.05, 0) is 31.2 Å². The van der Waals surface area contributed by atoms with Crippen LogP contribution in [0, 0.1) is 0 Å². The summed E-state index contributed by atoms with van der Waals surface area (Å²) in [6, 6.07) is 8.93. The molecule has 3 aromatic heterocycles. The van der Waals surface area contributed by atoms with E-state index in [1.165, 1.54) is 0 Å². The van der Waals surface area contributed by atoms with Crippen LogP contribution in [0.2, 0.25) is 0 Å². The smallest absolute Gasteiger partial charge is 0.423 e. The molecular weight excluding hydrogens is 591 g/mol. The molecule has 45 heavy (non-hydrogen) atoms. The molecule has 15 heteroatoms. The maximum Gasteiger partial charge on any atom is 0.423 e. The minimum absolute atomic E-state index is 0.0495. The molecule has 2 N–H and O–H groups in total. The number of aryl methyl sites for hydroxylation is 1. The van der Waals surface area contributed by atoms with Gasteiger partial charge < -0.3 is 20.1 Å². The maximum atomic E-state index is 13.6. The molecule has 6 rings (SSSR count). The zero-order chi connectivity index (χ0) is 31.4. The highest BCUT2D eigenvalue weighted by Gasteiger charge is 2.38. The summed E-state index contributed by atoms with van der Waals surface area (Å²) in [4.78, 5) is 32.2. The molecule has 2 aliphatic rings. The Morgan fingerprint density at radius 1 is 1.02 bits per heavy atom. The molecule has 1 saturated heterocycles. The van der Waals surface area contributed by atoms with Gasteiger partial charge in [0.2, 0.25) is 17.8 Å². The number of urea groups is 1. The Labute approximate surface area is 257 Å². The number of halogens is 3. The quantitative estimate of drug-likeness (QED) is 0.275. The van der Waals surface area contributed by atoms with Crippen LogP contribution in [0.4, 0.5) is 29.9 Å². The summed E-state index contributed by atoms with van der Waals surface area (Å²) in [7, 11) is 1.82. The van der Waals surface area contributed by atoms with Crippen molar-refractivity contribution in [2.45, 2.75) is 56.6 Å². The van der Waals surface area contributed by atoms with Gasteiger partial charge in [0.25, 0.3) is 0 Å². The summed E-state index contributed by atoms with van der Waals surface area (Å²) in [5, 5.41) is 10.3. The summed E-state index contributed by atoms with van der Waals surface area (Å²) in [5.74, 6) is -0.193. The predicted octanol–water partition coefficient (Wildman–Crippen LogP) is 4.60.